The highest BCUT2D eigenvalue weighted by atomic mass is 16.5. The van der Waals surface area contributed by atoms with Crippen LogP contribution in [0.4, 0.5) is 0 Å². The molecule has 88 valence electrons. The molecule has 1 atom stereocenters. The van der Waals surface area contributed by atoms with E-state index < -0.39 is 0 Å². The molecule has 3 heteroatoms. The van der Waals surface area contributed by atoms with Crippen molar-refractivity contribution in [2.75, 3.05) is 0 Å². The largest absolute Gasteiger partial charge is 0.426 e. The SMILES string of the molecule is CCCC(C)C(=O)Oc1ccc(CN)cc1. The summed E-state index contributed by atoms with van der Waals surface area (Å²) in [5.41, 5.74) is 6.51. The number of carbonyl (C=O) groups is 1. The third-order valence-electron chi connectivity index (χ3n) is 2.50. The van der Waals surface area contributed by atoms with Crippen molar-refractivity contribution in [2.45, 2.75) is 33.2 Å². The summed E-state index contributed by atoms with van der Waals surface area (Å²) >= 11 is 0. The minimum Gasteiger partial charge on any atom is -0.426 e. The first kappa shape index (κ1) is 12.7. The number of ether oxygens (including phenoxy) is 1. The second kappa shape index (κ2) is 6.28. The second-order valence-corrected chi connectivity index (χ2v) is 3.96. The van der Waals surface area contributed by atoms with Crippen molar-refractivity contribution in [1.29, 1.82) is 0 Å². The third-order valence-corrected chi connectivity index (χ3v) is 2.50. The molecule has 1 rings (SSSR count). The Morgan fingerprint density at radius 2 is 2.00 bits per heavy atom. The van der Waals surface area contributed by atoms with Crippen LogP contribution in [0.1, 0.15) is 32.3 Å². The van der Waals surface area contributed by atoms with Gasteiger partial charge in [-0.3, -0.25) is 4.79 Å². The Balaban J connectivity index is 2.55. The summed E-state index contributed by atoms with van der Waals surface area (Å²) in [5.74, 6) is 0.381. The van der Waals surface area contributed by atoms with Crippen molar-refractivity contribution in [3.63, 3.8) is 0 Å². The van der Waals surface area contributed by atoms with Crippen molar-refractivity contribution < 1.29 is 9.53 Å². The van der Waals surface area contributed by atoms with Crippen LogP contribution in [0.25, 0.3) is 0 Å². The van der Waals surface area contributed by atoms with E-state index in [1.54, 1.807) is 12.1 Å². The Labute approximate surface area is 96.6 Å². The highest BCUT2D eigenvalue weighted by Gasteiger charge is 2.13. The fourth-order valence-electron chi connectivity index (χ4n) is 1.46. The molecule has 2 N–H and O–H groups in total. The van der Waals surface area contributed by atoms with Crippen LogP contribution < -0.4 is 10.5 Å². The van der Waals surface area contributed by atoms with Crippen molar-refractivity contribution >= 4 is 5.97 Å². The molecule has 1 aromatic carbocycles. The zero-order valence-corrected chi connectivity index (χ0v) is 9.90. The first-order valence-electron chi connectivity index (χ1n) is 5.68. The fourth-order valence-corrected chi connectivity index (χ4v) is 1.46. The molecule has 0 saturated carbocycles. The number of esters is 1. The van der Waals surface area contributed by atoms with Crippen LogP contribution in [-0.2, 0) is 11.3 Å². The van der Waals surface area contributed by atoms with Gasteiger partial charge in [0, 0.05) is 6.54 Å². The molecule has 0 saturated heterocycles. The fraction of sp³-hybridized carbons (Fsp3) is 0.462. The van der Waals surface area contributed by atoms with Crippen molar-refractivity contribution in [3.8, 4) is 5.75 Å². The van der Waals surface area contributed by atoms with E-state index >= 15 is 0 Å². The van der Waals surface area contributed by atoms with Crippen molar-refractivity contribution in [2.24, 2.45) is 11.7 Å². The highest BCUT2D eigenvalue weighted by molar-refractivity contribution is 5.74. The monoisotopic (exact) mass is 221 g/mol. The van der Waals surface area contributed by atoms with E-state index in [1.165, 1.54) is 0 Å². The Bertz CT molecular complexity index is 332. The number of hydrogen-bond acceptors (Lipinski definition) is 3. The van der Waals surface area contributed by atoms with Gasteiger partial charge in [0.2, 0.25) is 0 Å². The van der Waals surface area contributed by atoms with Gasteiger partial charge in [-0.15, -0.1) is 0 Å². The van der Waals surface area contributed by atoms with E-state index in [1.807, 2.05) is 19.1 Å². The molecular weight excluding hydrogens is 202 g/mol. The highest BCUT2D eigenvalue weighted by Crippen LogP contribution is 2.15. The average molecular weight is 221 g/mol. The van der Waals surface area contributed by atoms with Crippen LogP contribution in [0, 0.1) is 5.92 Å². The molecular formula is C13H19NO2. The predicted molar refractivity (Wildman–Crippen MR) is 64.0 cm³/mol. The van der Waals surface area contributed by atoms with E-state index in [2.05, 4.69) is 6.92 Å². The Kier molecular flexibility index (Phi) is 4.99. The van der Waals surface area contributed by atoms with Gasteiger partial charge in [-0.2, -0.15) is 0 Å². The number of carbonyl (C=O) groups excluding carboxylic acids is 1. The van der Waals surface area contributed by atoms with E-state index in [9.17, 15) is 4.79 Å². The Morgan fingerprint density at radius 3 is 2.50 bits per heavy atom. The Hall–Kier alpha value is -1.35. The summed E-state index contributed by atoms with van der Waals surface area (Å²) in [6.07, 6.45) is 1.85. The van der Waals surface area contributed by atoms with Crippen LogP contribution in [0.5, 0.6) is 5.75 Å². The van der Waals surface area contributed by atoms with Crippen LogP contribution in [0.15, 0.2) is 24.3 Å². The van der Waals surface area contributed by atoms with Gasteiger partial charge in [0.25, 0.3) is 0 Å². The molecule has 3 nitrogen and oxygen atoms in total. The van der Waals surface area contributed by atoms with Gasteiger partial charge in [-0.05, 0) is 24.1 Å². The number of benzene rings is 1. The van der Waals surface area contributed by atoms with Crippen LogP contribution in [0.3, 0.4) is 0 Å². The minimum atomic E-state index is -0.164. The summed E-state index contributed by atoms with van der Waals surface area (Å²) in [6.45, 7) is 4.44. The quantitative estimate of drug-likeness (QED) is 0.614. The zero-order chi connectivity index (χ0) is 12.0. The van der Waals surface area contributed by atoms with Crippen LogP contribution >= 0.6 is 0 Å². The van der Waals surface area contributed by atoms with E-state index in [0.717, 1.165) is 18.4 Å². The first-order valence-corrected chi connectivity index (χ1v) is 5.68. The zero-order valence-electron chi connectivity index (χ0n) is 9.90. The first-order chi connectivity index (χ1) is 7.67. The van der Waals surface area contributed by atoms with Crippen molar-refractivity contribution in [3.05, 3.63) is 29.8 Å². The molecule has 0 radical (unpaired) electrons. The lowest BCUT2D eigenvalue weighted by Crippen LogP contribution is -2.17. The number of rotatable bonds is 5. The molecule has 16 heavy (non-hydrogen) atoms. The summed E-state index contributed by atoms with van der Waals surface area (Å²) in [7, 11) is 0. The molecule has 0 fully saturated rings. The van der Waals surface area contributed by atoms with Crippen LogP contribution in [0.2, 0.25) is 0 Å². The van der Waals surface area contributed by atoms with E-state index in [4.69, 9.17) is 10.5 Å². The molecule has 0 aromatic heterocycles. The van der Waals surface area contributed by atoms with Gasteiger partial charge >= 0.3 is 5.97 Å². The molecule has 0 amide bonds. The molecule has 0 aliphatic heterocycles. The number of hydrogen-bond donors (Lipinski definition) is 1. The van der Waals surface area contributed by atoms with Crippen molar-refractivity contribution in [1.82, 2.24) is 0 Å². The van der Waals surface area contributed by atoms with Crippen LogP contribution in [-0.4, -0.2) is 5.97 Å². The van der Waals surface area contributed by atoms with E-state index in [0.29, 0.717) is 12.3 Å². The topological polar surface area (TPSA) is 52.3 Å². The number of nitrogens with two attached hydrogens (primary N) is 1. The lowest BCUT2D eigenvalue weighted by molar-refractivity contribution is -0.138. The summed E-state index contributed by atoms with van der Waals surface area (Å²) in [4.78, 5) is 11.6. The van der Waals surface area contributed by atoms with Gasteiger partial charge < -0.3 is 10.5 Å². The van der Waals surface area contributed by atoms with Gasteiger partial charge in [-0.25, -0.2) is 0 Å². The maximum atomic E-state index is 11.6. The molecule has 0 aliphatic rings. The lowest BCUT2D eigenvalue weighted by Gasteiger charge is -2.10. The molecule has 1 aromatic rings. The smallest absolute Gasteiger partial charge is 0.314 e. The molecule has 0 bridgehead atoms. The maximum absolute atomic E-state index is 11.6. The predicted octanol–water partition coefficient (Wildman–Crippen LogP) is 2.49. The second-order valence-electron chi connectivity index (χ2n) is 3.96. The average Bonchev–Trinajstić information content (AvgIpc) is 2.30. The maximum Gasteiger partial charge on any atom is 0.314 e. The Morgan fingerprint density at radius 1 is 1.38 bits per heavy atom. The minimum absolute atomic E-state index is 0.0424. The van der Waals surface area contributed by atoms with E-state index in [-0.39, 0.29) is 11.9 Å². The van der Waals surface area contributed by atoms with Gasteiger partial charge in [0.15, 0.2) is 0 Å². The summed E-state index contributed by atoms with van der Waals surface area (Å²) in [5, 5.41) is 0. The normalized spacial score (nSPS) is 12.2. The summed E-state index contributed by atoms with van der Waals surface area (Å²) < 4.78 is 5.25. The van der Waals surface area contributed by atoms with Gasteiger partial charge in [-0.1, -0.05) is 32.4 Å². The molecule has 0 aliphatic carbocycles. The molecule has 0 heterocycles. The summed E-state index contributed by atoms with van der Waals surface area (Å²) in [6, 6.07) is 7.29. The van der Waals surface area contributed by atoms with Gasteiger partial charge in [0.1, 0.15) is 5.75 Å². The molecule has 0 spiro atoms. The lowest BCUT2D eigenvalue weighted by atomic mass is 10.1. The van der Waals surface area contributed by atoms with Gasteiger partial charge in [0.05, 0.1) is 5.92 Å². The molecule has 1 unspecified atom stereocenters. The third kappa shape index (κ3) is 3.66. The standard InChI is InChI=1S/C13H19NO2/c1-3-4-10(2)13(15)16-12-7-5-11(9-14)6-8-12/h5-8,10H,3-4,9,14H2,1-2H3.